The summed E-state index contributed by atoms with van der Waals surface area (Å²) in [6.07, 6.45) is -0.832. The predicted octanol–water partition coefficient (Wildman–Crippen LogP) is -2.31. The van der Waals surface area contributed by atoms with Gasteiger partial charge in [-0.1, -0.05) is 6.58 Å². The molecule has 0 fully saturated rings. The molecule has 0 rings (SSSR count). The van der Waals surface area contributed by atoms with Crippen LogP contribution < -0.4 is 27.8 Å². The van der Waals surface area contributed by atoms with Crippen molar-refractivity contribution in [1.82, 2.24) is 17.6 Å². The number of amides is 1. The third-order valence-electron chi connectivity index (χ3n) is 1.35. The van der Waals surface area contributed by atoms with Gasteiger partial charge in [0.1, 0.15) is 0 Å². The molecule has 0 aliphatic carbocycles. The standard InChI is InChI=1S/C8H11NO5.2H3N/c1-4(2)7(12)9-5(8(13)14)3-6(10)11;;/h5H,1,3H2,2H3,(H,9,12)(H,10,11)(H,13,14);2*1H3. The van der Waals surface area contributed by atoms with Gasteiger partial charge in [0, 0.05) is 18.0 Å². The van der Waals surface area contributed by atoms with Crippen LogP contribution in [0, 0.1) is 0 Å². The average Bonchev–Trinajstić information content (AvgIpc) is 2.01. The summed E-state index contributed by atoms with van der Waals surface area (Å²) in [6.45, 7) is 4.62. The lowest BCUT2D eigenvalue weighted by Gasteiger charge is -2.19. The molecule has 0 bridgehead atoms. The van der Waals surface area contributed by atoms with E-state index in [1.54, 1.807) is 0 Å². The first kappa shape index (κ1) is 19.6. The zero-order valence-corrected chi connectivity index (χ0v) is 9.53. The molecule has 0 heterocycles. The number of carbonyl (C=O) groups is 3. The van der Waals surface area contributed by atoms with Crippen LogP contribution in [0.4, 0.5) is 0 Å². The van der Waals surface area contributed by atoms with Crippen LogP contribution in [0.5, 0.6) is 0 Å². The summed E-state index contributed by atoms with van der Waals surface area (Å²) in [7, 11) is 0. The van der Waals surface area contributed by atoms with Gasteiger partial charge < -0.3 is 37.4 Å². The van der Waals surface area contributed by atoms with E-state index in [1.165, 1.54) is 6.92 Å². The molecule has 0 saturated carbocycles. The summed E-state index contributed by atoms with van der Waals surface area (Å²) < 4.78 is 0. The molecule has 94 valence electrons. The van der Waals surface area contributed by atoms with Gasteiger partial charge in [0.25, 0.3) is 0 Å². The second-order valence-corrected chi connectivity index (χ2v) is 2.70. The van der Waals surface area contributed by atoms with Crippen molar-refractivity contribution in [2.24, 2.45) is 0 Å². The number of quaternary nitrogens is 2. The van der Waals surface area contributed by atoms with Crippen molar-refractivity contribution >= 4 is 17.8 Å². The fourth-order valence-electron chi connectivity index (χ4n) is 0.641. The lowest BCUT2D eigenvalue weighted by atomic mass is 10.2. The Morgan fingerprint density at radius 3 is 1.94 bits per heavy atom. The Morgan fingerprint density at radius 1 is 1.25 bits per heavy atom. The normalized spacial score (nSPS) is 10.1. The van der Waals surface area contributed by atoms with Crippen molar-refractivity contribution in [3.63, 3.8) is 0 Å². The fraction of sp³-hybridized carbons (Fsp3) is 0.375. The minimum Gasteiger partial charge on any atom is -0.550 e. The number of aliphatic carboxylic acids is 2. The van der Waals surface area contributed by atoms with Crippen molar-refractivity contribution in [2.75, 3.05) is 0 Å². The van der Waals surface area contributed by atoms with Crippen molar-refractivity contribution in [1.29, 1.82) is 0 Å². The quantitative estimate of drug-likeness (QED) is 0.451. The van der Waals surface area contributed by atoms with Crippen LogP contribution in [0.2, 0.25) is 0 Å². The Labute approximate surface area is 92.5 Å². The summed E-state index contributed by atoms with van der Waals surface area (Å²) in [5.41, 5.74) is 0.0783. The summed E-state index contributed by atoms with van der Waals surface area (Å²) in [4.78, 5) is 31.4. The predicted molar refractivity (Wildman–Crippen MR) is 53.3 cm³/mol. The highest BCUT2D eigenvalue weighted by Crippen LogP contribution is 1.93. The molecule has 8 heteroatoms. The first-order valence-electron chi connectivity index (χ1n) is 3.71. The van der Waals surface area contributed by atoms with E-state index in [2.05, 4.69) is 6.58 Å². The molecule has 1 amide bonds. The number of carboxylic acids is 2. The highest BCUT2D eigenvalue weighted by atomic mass is 16.4. The van der Waals surface area contributed by atoms with Crippen LogP contribution >= 0.6 is 0 Å². The second kappa shape index (κ2) is 8.38. The van der Waals surface area contributed by atoms with Gasteiger partial charge in [0.05, 0.1) is 12.0 Å². The van der Waals surface area contributed by atoms with E-state index in [0.717, 1.165) is 0 Å². The Bertz CT molecular complexity index is 289. The Balaban J connectivity index is -0.000000845. The van der Waals surface area contributed by atoms with Crippen molar-refractivity contribution in [3.05, 3.63) is 12.2 Å². The van der Waals surface area contributed by atoms with Gasteiger partial charge in [-0.15, -0.1) is 0 Å². The van der Waals surface area contributed by atoms with Gasteiger partial charge in [0.15, 0.2) is 0 Å². The van der Waals surface area contributed by atoms with Gasteiger partial charge in [-0.3, -0.25) is 4.79 Å². The molecular weight excluding hydrogens is 218 g/mol. The van der Waals surface area contributed by atoms with E-state index in [1.807, 2.05) is 5.32 Å². The number of rotatable bonds is 5. The fourth-order valence-corrected chi connectivity index (χ4v) is 0.641. The summed E-state index contributed by atoms with van der Waals surface area (Å²) in [5, 5.41) is 22.4. The van der Waals surface area contributed by atoms with Crippen molar-refractivity contribution < 1.29 is 24.6 Å². The Morgan fingerprint density at radius 2 is 1.69 bits per heavy atom. The minimum absolute atomic E-state index is 0. The number of nitrogens with one attached hydrogen (secondary N) is 1. The highest BCUT2D eigenvalue weighted by Gasteiger charge is 2.13. The van der Waals surface area contributed by atoms with E-state index >= 15 is 0 Å². The molecule has 8 nitrogen and oxygen atoms in total. The van der Waals surface area contributed by atoms with Crippen LogP contribution in [0.3, 0.4) is 0 Å². The molecular formula is C8H17N3O5. The molecule has 16 heavy (non-hydrogen) atoms. The third kappa shape index (κ3) is 7.47. The zero-order valence-electron chi connectivity index (χ0n) is 9.53. The van der Waals surface area contributed by atoms with Crippen LogP contribution in [0.25, 0.3) is 0 Å². The van der Waals surface area contributed by atoms with Crippen LogP contribution in [-0.2, 0) is 14.4 Å². The summed E-state index contributed by atoms with van der Waals surface area (Å²) >= 11 is 0. The maximum Gasteiger partial charge on any atom is 0.246 e. The third-order valence-corrected chi connectivity index (χ3v) is 1.35. The molecule has 0 aromatic rings. The molecule has 0 aromatic carbocycles. The first-order chi connectivity index (χ1) is 6.34. The molecule has 0 aliphatic rings. The minimum atomic E-state index is -1.68. The van der Waals surface area contributed by atoms with Crippen LogP contribution in [-0.4, -0.2) is 23.9 Å². The topological polar surface area (TPSA) is 182 Å². The van der Waals surface area contributed by atoms with E-state index in [-0.39, 0.29) is 17.9 Å². The molecule has 1 atom stereocenters. The van der Waals surface area contributed by atoms with Crippen LogP contribution in [0.1, 0.15) is 13.3 Å². The van der Waals surface area contributed by atoms with Gasteiger partial charge in [-0.2, -0.15) is 0 Å². The zero-order chi connectivity index (χ0) is 11.3. The number of hydrogen-bond acceptors (Lipinski definition) is 5. The smallest absolute Gasteiger partial charge is 0.246 e. The van der Waals surface area contributed by atoms with Crippen LogP contribution in [0.15, 0.2) is 12.2 Å². The molecule has 0 aromatic heterocycles. The number of carboxylic acid groups (broad SMARTS) is 2. The van der Waals surface area contributed by atoms with Gasteiger partial charge in [-0.25, -0.2) is 0 Å². The van der Waals surface area contributed by atoms with E-state index in [4.69, 9.17) is 0 Å². The average molecular weight is 235 g/mol. The maximum absolute atomic E-state index is 10.9. The van der Waals surface area contributed by atoms with E-state index in [0.29, 0.717) is 0 Å². The first-order valence-corrected chi connectivity index (χ1v) is 3.71. The van der Waals surface area contributed by atoms with E-state index in [9.17, 15) is 24.6 Å². The SMILES string of the molecule is C=C(C)C(=O)NC(CC(=O)[O-])C(=O)[O-].[NH4+].[NH4+]. The molecule has 0 radical (unpaired) electrons. The van der Waals surface area contributed by atoms with Gasteiger partial charge in [0.2, 0.25) is 5.91 Å². The summed E-state index contributed by atoms with van der Waals surface area (Å²) in [6, 6.07) is -1.59. The molecule has 0 aliphatic heterocycles. The van der Waals surface area contributed by atoms with Crippen molar-refractivity contribution in [3.8, 4) is 0 Å². The Hall–Kier alpha value is -1.93. The molecule has 0 saturated heterocycles. The van der Waals surface area contributed by atoms with Gasteiger partial charge in [-0.05, 0) is 6.92 Å². The Kier molecular flexibility index (Phi) is 10.3. The largest absolute Gasteiger partial charge is 0.550 e. The van der Waals surface area contributed by atoms with Gasteiger partial charge >= 0.3 is 0 Å². The van der Waals surface area contributed by atoms with Crippen molar-refractivity contribution in [2.45, 2.75) is 19.4 Å². The lowest BCUT2D eigenvalue weighted by molar-refractivity contribution is -0.317. The summed E-state index contributed by atoms with van der Waals surface area (Å²) in [5.74, 6) is -3.99. The van der Waals surface area contributed by atoms with E-state index < -0.39 is 30.3 Å². The molecule has 9 N–H and O–H groups in total. The highest BCUT2D eigenvalue weighted by molar-refractivity contribution is 5.95. The molecule has 0 spiro atoms. The molecule has 1 unspecified atom stereocenters. The number of carbonyl (C=O) groups excluding carboxylic acids is 3. The lowest BCUT2D eigenvalue weighted by Crippen LogP contribution is -2.50. The maximum atomic E-state index is 10.9. The monoisotopic (exact) mass is 235 g/mol. The number of hydrogen-bond donors (Lipinski definition) is 3. The second-order valence-electron chi connectivity index (χ2n) is 2.70.